The number of ether oxygens (including phenoxy) is 1. The van der Waals surface area contributed by atoms with Gasteiger partial charge in [0, 0.05) is 25.0 Å². The molecular weight excluding hydrogens is 217 g/mol. The Morgan fingerprint density at radius 2 is 2.19 bits per heavy atom. The summed E-state index contributed by atoms with van der Waals surface area (Å²) in [5.41, 5.74) is -0.261. The van der Waals surface area contributed by atoms with Gasteiger partial charge >= 0.3 is 5.69 Å². The minimum atomic E-state index is -0.621. The monoisotopic (exact) mass is 227 g/mol. The van der Waals surface area contributed by atoms with Crippen molar-refractivity contribution < 1.29 is 19.2 Å². The van der Waals surface area contributed by atoms with Crippen molar-refractivity contribution in [2.45, 2.75) is 25.0 Å². The van der Waals surface area contributed by atoms with Crippen LogP contribution < -0.4 is 4.74 Å². The van der Waals surface area contributed by atoms with Crippen molar-refractivity contribution in [2.24, 2.45) is 0 Å². The Kier molecular flexibility index (Phi) is 2.74. The molecule has 6 heteroatoms. The van der Waals surface area contributed by atoms with Gasteiger partial charge in [-0.2, -0.15) is 0 Å². The molecule has 5 nitrogen and oxygen atoms in total. The van der Waals surface area contributed by atoms with Crippen LogP contribution in [0, 0.1) is 15.9 Å². The fraction of sp³-hybridized carbons (Fsp3) is 0.400. The van der Waals surface area contributed by atoms with E-state index in [9.17, 15) is 14.5 Å². The van der Waals surface area contributed by atoms with Gasteiger partial charge in [-0.3, -0.25) is 10.1 Å². The van der Waals surface area contributed by atoms with Crippen LogP contribution in [-0.2, 0) is 0 Å². The molecule has 86 valence electrons. The van der Waals surface area contributed by atoms with E-state index in [1.165, 1.54) is 0 Å². The fourth-order valence-electron chi connectivity index (χ4n) is 1.55. The number of benzene rings is 1. The van der Waals surface area contributed by atoms with Crippen molar-refractivity contribution in [3.63, 3.8) is 0 Å². The summed E-state index contributed by atoms with van der Waals surface area (Å²) >= 11 is 0. The lowest BCUT2D eigenvalue weighted by atomic mass is 9.92. The number of aliphatic hydroxyl groups excluding tert-OH is 1. The van der Waals surface area contributed by atoms with E-state index in [1.54, 1.807) is 0 Å². The summed E-state index contributed by atoms with van der Waals surface area (Å²) in [6, 6.07) is 3.07. The maximum atomic E-state index is 12.9. The summed E-state index contributed by atoms with van der Waals surface area (Å²) in [5.74, 6) is -0.664. The van der Waals surface area contributed by atoms with Crippen LogP contribution >= 0.6 is 0 Å². The van der Waals surface area contributed by atoms with Crippen molar-refractivity contribution >= 4 is 5.69 Å². The molecular formula is C10H10FNO4. The molecule has 0 atom stereocenters. The molecule has 1 saturated carbocycles. The summed E-state index contributed by atoms with van der Waals surface area (Å²) in [4.78, 5) is 10.0. The van der Waals surface area contributed by atoms with Crippen LogP contribution in [0.3, 0.4) is 0 Å². The Labute approximate surface area is 90.6 Å². The fourth-order valence-corrected chi connectivity index (χ4v) is 1.55. The molecule has 0 aromatic heterocycles. The van der Waals surface area contributed by atoms with E-state index >= 15 is 0 Å². The number of rotatable bonds is 3. The van der Waals surface area contributed by atoms with Crippen LogP contribution in [0.1, 0.15) is 12.8 Å². The van der Waals surface area contributed by atoms with Crippen molar-refractivity contribution in [1.29, 1.82) is 0 Å². The van der Waals surface area contributed by atoms with Crippen LogP contribution in [0.25, 0.3) is 0 Å². The molecule has 0 unspecified atom stereocenters. The van der Waals surface area contributed by atoms with Crippen molar-refractivity contribution in [1.82, 2.24) is 0 Å². The summed E-state index contributed by atoms with van der Waals surface area (Å²) in [5, 5.41) is 19.7. The maximum Gasteiger partial charge on any atom is 0.311 e. The topological polar surface area (TPSA) is 72.6 Å². The number of hydrogen-bond acceptors (Lipinski definition) is 4. The molecule has 0 saturated heterocycles. The smallest absolute Gasteiger partial charge is 0.311 e. The van der Waals surface area contributed by atoms with Gasteiger partial charge in [0.05, 0.1) is 11.0 Å². The first-order valence-electron chi connectivity index (χ1n) is 4.85. The van der Waals surface area contributed by atoms with Gasteiger partial charge in [-0.25, -0.2) is 4.39 Å². The zero-order valence-electron chi connectivity index (χ0n) is 8.30. The number of aliphatic hydroxyl groups is 1. The minimum Gasteiger partial charge on any atom is -0.483 e. The molecule has 0 amide bonds. The highest BCUT2D eigenvalue weighted by Gasteiger charge is 2.31. The van der Waals surface area contributed by atoms with E-state index < -0.39 is 16.8 Å². The van der Waals surface area contributed by atoms with Crippen LogP contribution in [0.5, 0.6) is 5.75 Å². The van der Waals surface area contributed by atoms with Gasteiger partial charge in [0.15, 0.2) is 5.75 Å². The third-order valence-corrected chi connectivity index (χ3v) is 2.48. The van der Waals surface area contributed by atoms with Crippen LogP contribution in [0.2, 0.25) is 0 Å². The van der Waals surface area contributed by atoms with Gasteiger partial charge in [-0.1, -0.05) is 0 Å². The van der Waals surface area contributed by atoms with Crippen LogP contribution in [0.4, 0.5) is 10.1 Å². The first-order valence-corrected chi connectivity index (χ1v) is 4.85. The second kappa shape index (κ2) is 4.05. The predicted octanol–water partition coefficient (Wildman–Crippen LogP) is 1.64. The summed E-state index contributed by atoms with van der Waals surface area (Å²) in [6.07, 6.45) is 0.162. The molecule has 1 N–H and O–H groups in total. The van der Waals surface area contributed by atoms with Crippen LogP contribution in [-0.4, -0.2) is 22.2 Å². The first-order chi connectivity index (χ1) is 7.56. The summed E-state index contributed by atoms with van der Waals surface area (Å²) in [6.45, 7) is 0. The number of halogens is 1. The highest BCUT2D eigenvalue weighted by Crippen LogP contribution is 2.32. The highest BCUT2D eigenvalue weighted by molar-refractivity contribution is 5.46. The second-order valence-electron chi connectivity index (χ2n) is 3.73. The van der Waals surface area contributed by atoms with Crippen molar-refractivity contribution in [2.75, 3.05) is 0 Å². The predicted molar refractivity (Wildman–Crippen MR) is 52.7 cm³/mol. The zero-order valence-corrected chi connectivity index (χ0v) is 8.30. The lowest BCUT2D eigenvalue weighted by Gasteiger charge is -2.31. The zero-order chi connectivity index (χ0) is 11.7. The number of nitro benzene ring substituents is 1. The Hall–Kier alpha value is -1.69. The quantitative estimate of drug-likeness (QED) is 0.629. The third-order valence-electron chi connectivity index (χ3n) is 2.48. The number of hydrogen-bond donors (Lipinski definition) is 1. The SMILES string of the molecule is O=[N+]([O-])c1ccc(F)cc1OC1CC(O)C1. The second-order valence-corrected chi connectivity index (χ2v) is 3.73. The van der Waals surface area contributed by atoms with Gasteiger partial charge in [0.2, 0.25) is 0 Å². The molecule has 0 bridgehead atoms. The van der Waals surface area contributed by atoms with E-state index in [0.29, 0.717) is 12.8 Å². The first kappa shape index (κ1) is 10.8. The minimum absolute atomic E-state index is 0.0816. The largest absolute Gasteiger partial charge is 0.483 e. The van der Waals surface area contributed by atoms with Gasteiger partial charge in [-0.15, -0.1) is 0 Å². The normalized spacial score (nSPS) is 23.6. The van der Waals surface area contributed by atoms with E-state index in [-0.39, 0.29) is 17.5 Å². The molecule has 1 aliphatic carbocycles. The molecule has 1 fully saturated rings. The van der Waals surface area contributed by atoms with Crippen molar-refractivity contribution in [3.05, 3.63) is 34.1 Å². The van der Waals surface area contributed by atoms with E-state index in [0.717, 1.165) is 18.2 Å². The van der Waals surface area contributed by atoms with Gasteiger partial charge in [-0.05, 0) is 6.07 Å². The maximum absolute atomic E-state index is 12.9. The summed E-state index contributed by atoms with van der Waals surface area (Å²) < 4.78 is 18.2. The van der Waals surface area contributed by atoms with Gasteiger partial charge in [0.1, 0.15) is 11.9 Å². The average Bonchev–Trinajstić information content (AvgIpc) is 2.15. The highest BCUT2D eigenvalue weighted by atomic mass is 19.1. The average molecular weight is 227 g/mol. The molecule has 16 heavy (non-hydrogen) atoms. The molecule has 1 aromatic rings. The molecule has 0 spiro atoms. The van der Waals surface area contributed by atoms with E-state index in [2.05, 4.69) is 0 Å². The molecule has 1 aromatic carbocycles. The van der Waals surface area contributed by atoms with E-state index in [1.807, 2.05) is 0 Å². The molecule has 2 rings (SSSR count). The molecule has 0 heterocycles. The van der Waals surface area contributed by atoms with Gasteiger partial charge in [0.25, 0.3) is 0 Å². The Morgan fingerprint density at radius 3 is 2.75 bits per heavy atom. The van der Waals surface area contributed by atoms with Crippen LogP contribution in [0.15, 0.2) is 18.2 Å². The third kappa shape index (κ3) is 2.11. The Morgan fingerprint density at radius 1 is 1.50 bits per heavy atom. The Bertz CT molecular complexity index is 417. The standard InChI is InChI=1S/C10H10FNO4/c11-6-1-2-9(12(14)15)10(3-6)16-8-4-7(13)5-8/h1-3,7-8,13H,4-5H2. The van der Waals surface area contributed by atoms with Gasteiger partial charge < -0.3 is 9.84 Å². The number of nitro groups is 1. The van der Waals surface area contributed by atoms with Crippen molar-refractivity contribution in [3.8, 4) is 5.75 Å². The van der Waals surface area contributed by atoms with E-state index in [4.69, 9.17) is 9.84 Å². The lowest BCUT2D eigenvalue weighted by molar-refractivity contribution is -0.386. The molecule has 0 aliphatic heterocycles. The Balaban J connectivity index is 2.17. The summed E-state index contributed by atoms with van der Waals surface area (Å²) in [7, 11) is 0. The number of nitrogens with zero attached hydrogens (tertiary/aromatic N) is 1. The molecule has 0 radical (unpaired) electrons. The molecule has 1 aliphatic rings. The lowest BCUT2D eigenvalue weighted by Crippen LogP contribution is -2.37.